The lowest BCUT2D eigenvalue weighted by molar-refractivity contribution is 0.198. The SMILES string of the molecule is CCNC(=NCc1ccnn1C)NC1CCN(Cc2ccccc2)CC1. The molecule has 0 unspecified atom stereocenters. The van der Waals surface area contributed by atoms with Crippen LogP contribution < -0.4 is 10.6 Å². The Labute approximate surface area is 156 Å². The first-order chi connectivity index (χ1) is 12.7. The van der Waals surface area contributed by atoms with E-state index in [1.54, 1.807) is 0 Å². The summed E-state index contributed by atoms with van der Waals surface area (Å²) in [6.07, 6.45) is 4.10. The van der Waals surface area contributed by atoms with Gasteiger partial charge in [-0.2, -0.15) is 5.10 Å². The Bertz CT molecular complexity index is 685. The summed E-state index contributed by atoms with van der Waals surface area (Å²) in [5.41, 5.74) is 2.50. The molecule has 140 valence electrons. The lowest BCUT2D eigenvalue weighted by Crippen LogP contribution is -2.48. The molecule has 1 fully saturated rings. The van der Waals surface area contributed by atoms with Crippen LogP contribution in [0.15, 0.2) is 47.6 Å². The molecule has 0 saturated carbocycles. The van der Waals surface area contributed by atoms with Crippen LogP contribution in [-0.2, 0) is 20.1 Å². The van der Waals surface area contributed by atoms with Crippen LogP contribution in [0.5, 0.6) is 0 Å². The fourth-order valence-corrected chi connectivity index (χ4v) is 3.31. The fourth-order valence-electron chi connectivity index (χ4n) is 3.31. The summed E-state index contributed by atoms with van der Waals surface area (Å²) in [7, 11) is 1.95. The minimum absolute atomic E-state index is 0.478. The van der Waals surface area contributed by atoms with E-state index in [-0.39, 0.29) is 0 Å². The van der Waals surface area contributed by atoms with Crippen molar-refractivity contribution < 1.29 is 0 Å². The lowest BCUT2D eigenvalue weighted by atomic mass is 10.0. The van der Waals surface area contributed by atoms with Crippen molar-refractivity contribution in [3.63, 3.8) is 0 Å². The summed E-state index contributed by atoms with van der Waals surface area (Å²) in [6.45, 7) is 6.89. The molecule has 1 saturated heterocycles. The quantitative estimate of drug-likeness (QED) is 0.616. The monoisotopic (exact) mass is 354 g/mol. The van der Waals surface area contributed by atoms with E-state index < -0.39 is 0 Å². The first-order valence-corrected chi connectivity index (χ1v) is 9.52. The van der Waals surface area contributed by atoms with E-state index in [1.165, 1.54) is 5.56 Å². The zero-order chi connectivity index (χ0) is 18.2. The average molecular weight is 355 g/mol. The van der Waals surface area contributed by atoms with Gasteiger partial charge in [0.2, 0.25) is 0 Å². The molecule has 0 atom stereocenters. The number of rotatable bonds is 6. The van der Waals surface area contributed by atoms with Crippen molar-refractivity contribution in [2.45, 2.75) is 38.9 Å². The lowest BCUT2D eigenvalue weighted by Gasteiger charge is -2.33. The highest BCUT2D eigenvalue weighted by Gasteiger charge is 2.20. The van der Waals surface area contributed by atoms with E-state index in [0.29, 0.717) is 12.6 Å². The summed E-state index contributed by atoms with van der Waals surface area (Å²) in [6, 6.07) is 13.2. The molecular weight excluding hydrogens is 324 g/mol. The molecule has 0 spiro atoms. The van der Waals surface area contributed by atoms with Crippen molar-refractivity contribution in [3.05, 3.63) is 53.9 Å². The number of aromatic nitrogens is 2. The van der Waals surface area contributed by atoms with Gasteiger partial charge in [0.15, 0.2) is 5.96 Å². The van der Waals surface area contributed by atoms with Crippen molar-refractivity contribution in [2.75, 3.05) is 19.6 Å². The van der Waals surface area contributed by atoms with Gasteiger partial charge < -0.3 is 10.6 Å². The highest BCUT2D eigenvalue weighted by atomic mass is 15.3. The van der Waals surface area contributed by atoms with E-state index in [4.69, 9.17) is 4.99 Å². The normalized spacial score (nSPS) is 16.6. The van der Waals surface area contributed by atoms with Gasteiger partial charge in [0.1, 0.15) is 0 Å². The predicted octanol–water partition coefficient (Wildman–Crippen LogP) is 2.14. The zero-order valence-corrected chi connectivity index (χ0v) is 15.9. The maximum atomic E-state index is 4.72. The molecular formula is C20H30N6. The Kier molecular flexibility index (Phi) is 6.66. The molecule has 0 aliphatic carbocycles. The number of guanidine groups is 1. The van der Waals surface area contributed by atoms with Crippen LogP contribution in [0, 0.1) is 0 Å². The minimum atomic E-state index is 0.478. The number of aliphatic imine (C=N–C) groups is 1. The van der Waals surface area contributed by atoms with E-state index in [9.17, 15) is 0 Å². The summed E-state index contributed by atoms with van der Waals surface area (Å²) < 4.78 is 1.87. The summed E-state index contributed by atoms with van der Waals surface area (Å²) >= 11 is 0. The number of benzene rings is 1. The van der Waals surface area contributed by atoms with Crippen LogP contribution in [0.4, 0.5) is 0 Å². The zero-order valence-electron chi connectivity index (χ0n) is 15.9. The number of piperidine rings is 1. The van der Waals surface area contributed by atoms with Crippen LogP contribution in [0.25, 0.3) is 0 Å². The maximum Gasteiger partial charge on any atom is 0.191 e. The molecule has 2 heterocycles. The largest absolute Gasteiger partial charge is 0.357 e. The fraction of sp³-hybridized carbons (Fsp3) is 0.500. The van der Waals surface area contributed by atoms with Crippen LogP contribution in [0.1, 0.15) is 31.0 Å². The number of likely N-dealkylation sites (tertiary alicyclic amines) is 1. The van der Waals surface area contributed by atoms with Crippen LogP contribution in [0.2, 0.25) is 0 Å². The van der Waals surface area contributed by atoms with Crippen LogP contribution >= 0.6 is 0 Å². The van der Waals surface area contributed by atoms with E-state index in [2.05, 4.69) is 57.9 Å². The molecule has 1 aromatic heterocycles. The van der Waals surface area contributed by atoms with Gasteiger partial charge >= 0.3 is 0 Å². The molecule has 1 aliphatic heterocycles. The summed E-state index contributed by atoms with van der Waals surface area (Å²) in [4.78, 5) is 7.25. The molecule has 1 aliphatic rings. The van der Waals surface area contributed by atoms with Gasteiger partial charge in [-0.15, -0.1) is 0 Å². The first kappa shape index (κ1) is 18.5. The number of nitrogens with one attached hydrogen (secondary N) is 2. The molecule has 2 N–H and O–H groups in total. The van der Waals surface area contributed by atoms with Crippen molar-refractivity contribution in [1.82, 2.24) is 25.3 Å². The molecule has 0 amide bonds. The molecule has 0 bridgehead atoms. The van der Waals surface area contributed by atoms with E-state index in [0.717, 1.165) is 50.7 Å². The number of aryl methyl sites for hydroxylation is 1. The third kappa shape index (κ3) is 5.33. The smallest absolute Gasteiger partial charge is 0.191 e. The van der Waals surface area contributed by atoms with Gasteiger partial charge in [0, 0.05) is 45.5 Å². The third-order valence-electron chi connectivity index (χ3n) is 4.84. The van der Waals surface area contributed by atoms with Crippen molar-refractivity contribution in [1.29, 1.82) is 0 Å². The Hall–Kier alpha value is -2.34. The Morgan fingerprint density at radius 1 is 1.19 bits per heavy atom. The highest BCUT2D eigenvalue weighted by molar-refractivity contribution is 5.80. The van der Waals surface area contributed by atoms with Gasteiger partial charge in [-0.1, -0.05) is 30.3 Å². The molecule has 26 heavy (non-hydrogen) atoms. The minimum Gasteiger partial charge on any atom is -0.357 e. The molecule has 1 aromatic carbocycles. The van der Waals surface area contributed by atoms with Crippen LogP contribution in [0.3, 0.4) is 0 Å². The molecule has 3 rings (SSSR count). The van der Waals surface area contributed by atoms with Gasteiger partial charge in [-0.25, -0.2) is 4.99 Å². The van der Waals surface area contributed by atoms with Gasteiger partial charge in [-0.05, 0) is 31.4 Å². The van der Waals surface area contributed by atoms with Gasteiger partial charge in [0.25, 0.3) is 0 Å². The number of nitrogens with zero attached hydrogens (tertiary/aromatic N) is 4. The molecule has 2 aromatic rings. The van der Waals surface area contributed by atoms with Crippen molar-refractivity contribution in [2.24, 2.45) is 12.0 Å². The van der Waals surface area contributed by atoms with Gasteiger partial charge in [0.05, 0.1) is 12.2 Å². The van der Waals surface area contributed by atoms with E-state index >= 15 is 0 Å². The predicted molar refractivity (Wildman–Crippen MR) is 106 cm³/mol. The molecule has 6 nitrogen and oxygen atoms in total. The summed E-state index contributed by atoms with van der Waals surface area (Å²) in [5.74, 6) is 0.898. The molecule has 0 radical (unpaired) electrons. The van der Waals surface area contributed by atoms with Crippen molar-refractivity contribution in [3.8, 4) is 0 Å². The second-order valence-electron chi connectivity index (χ2n) is 6.82. The van der Waals surface area contributed by atoms with Crippen molar-refractivity contribution >= 4 is 5.96 Å². The van der Waals surface area contributed by atoms with E-state index in [1.807, 2.05) is 24.0 Å². The Balaban J connectivity index is 1.48. The topological polar surface area (TPSA) is 57.5 Å². The van der Waals surface area contributed by atoms with Gasteiger partial charge in [-0.3, -0.25) is 9.58 Å². The third-order valence-corrected chi connectivity index (χ3v) is 4.84. The number of hydrogen-bond donors (Lipinski definition) is 2. The van der Waals surface area contributed by atoms with Crippen LogP contribution in [-0.4, -0.2) is 46.3 Å². The average Bonchev–Trinajstić information content (AvgIpc) is 3.07. The number of hydrogen-bond acceptors (Lipinski definition) is 3. The standard InChI is InChI=1S/C20H30N6/c1-3-21-20(22-15-19-9-12-23-25(19)2)24-18-10-13-26(14-11-18)16-17-7-5-4-6-8-17/h4-9,12,18H,3,10-11,13-16H2,1-2H3,(H2,21,22,24). The summed E-state index contributed by atoms with van der Waals surface area (Å²) in [5, 5.41) is 11.2. The second-order valence-corrected chi connectivity index (χ2v) is 6.82. The molecule has 6 heteroatoms. The Morgan fingerprint density at radius 2 is 1.96 bits per heavy atom. The highest BCUT2D eigenvalue weighted by Crippen LogP contribution is 2.14. The second kappa shape index (κ2) is 9.38. The Morgan fingerprint density at radius 3 is 2.62 bits per heavy atom. The maximum absolute atomic E-state index is 4.72. The first-order valence-electron chi connectivity index (χ1n) is 9.52.